The van der Waals surface area contributed by atoms with Crippen molar-refractivity contribution in [3.8, 4) is 0 Å². The summed E-state index contributed by atoms with van der Waals surface area (Å²) in [6, 6.07) is 0.413. The molecule has 2 heteroatoms. The Labute approximate surface area is 112 Å². The number of fused-ring (bicyclic) bond motifs is 2. The van der Waals surface area contributed by atoms with Crippen molar-refractivity contribution in [1.29, 1.82) is 0 Å². The molecule has 0 aromatic carbocycles. The largest absolute Gasteiger partial charge is 0.352 e. The topological polar surface area (TPSA) is 29.1 Å². The fraction of sp³-hybridized carbons (Fsp3) is 0.938. The summed E-state index contributed by atoms with van der Waals surface area (Å²) in [5.74, 6) is 3.34. The highest BCUT2D eigenvalue weighted by Gasteiger charge is 2.41. The summed E-state index contributed by atoms with van der Waals surface area (Å²) < 4.78 is 0. The van der Waals surface area contributed by atoms with E-state index in [2.05, 4.69) is 19.2 Å². The minimum absolute atomic E-state index is 0.219. The van der Waals surface area contributed by atoms with Crippen LogP contribution in [0.15, 0.2) is 0 Å². The third-order valence-corrected chi connectivity index (χ3v) is 4.88. The first-order chi connectivity index (χ1) is 8.27. The highest BCUT2D eigenvalue weighted by molar-refractivity contribution is 5.81. The predicted octanol–water partition coefficient (Wildman–Crippen LogP) is 3.61. The van der Waals surface area contributed by atoms with Gasteiger partial charge in [0.15, 0.2) is 0 Å². The Kier molecular flexibility index (Phi) is 3.75. The average Bonchev–Trinajstić information content (AvgIpc) is 2.21. The van der Waals surface area contributed by atoms with Crippen molar-refractivity contribution in [2.75, 3.05) is 0 Å². The zero-order valence-electron chi connectivity index (χ0n) is 12.6. The van der Waals surface area contributed by atoms with Gasteiger partial charge in [0.05, 0.1) is 0 Å². The Morgan fingerprint density at radius 3 is 2.33 bits per heavy atom. The summed E-state index contributed by atoms with van der Waals surface area (Å²) >= 11 is 0. The van der Waals surface area contributed by atoms with E-state index in [1.807, 2.05) is 20.8 Å². The number of hydrogen-bond acceptors (Lipinski definition) is 1. The Hall–Kier alpha value is -0.530. The lowest BCUT2D eigenvalue weighted by molar-refractivity contribution is -0.131. The Bertz CT molecular complexity index is 314. The first-order valence-corrected chi connectivity index (χ1v) is 7.58. The zero-order chi connectivity index (χ0) is 13.5. The summed E-state index contributed by atoms with van der Waals surface area (Å²) in [4.78, 5) is 12.2. The molecule has 2 aliphatic rings. The lowest BCUT2D eigenvalue weighted by Crippen LogP contribution is -2.53. The maximum Gasteiger partial charge on any atom is 0.225 e. The molecule has 1 N–H and O–H groups in total. The molecule has 0 aromatic rings. The molecular formula is C16H29NO. The molecule has 2 nitrogen and oxygen atoms in total. The van der Waals surface area contributed by atoms with E-state index in [4.69, 9.17) is 0 Å². The highest BCUT2D eigenvalue weighted by atomic mass is 16.2. The molecule has 2 bridgehead atoms. The lowest BCUT2D eigenvalue weighted by atomic mass is 9.63. The van der Waals surface area contributed by atoms with E-state index in [9.17, 15) is 4.79 Å². The standard InChI is InChI=1S/C16H29NO/c1-10-6-12-8-11(2)14(13(7-10)9-12)17-15(18)16(3,4)5/h10-14H,6-9H2,1-5H3,(H,17,18). The van der Waals surface area contributed by atoms with Gasteiger partial charge in [-0.3, -0.25) is 4.79 Å². The van der Waals surface area contributed by atoms with Crippen molar-refractivity contribution in [3.63, 3.8) is 0 Å². The number of nitrogens with one attached hydrogen (secondary N) is 1. The van der Waals surface area contributed by atoms with E-state index in [0.717, 1.165) is 11.8 Å². The van der Waals surface area contributed by atoms with E-state index in [0.29, 0.717) is 17.9 Å². The number of carbonyl (C=O) groups excluding carboxylic acids is 1. The minimum Gasteiger partial charge on any atom is -0.352 e. The van der Waals surface area contributed by atoms with Gasteiger partial charge in [0, 0.05) is 11.5 Å². The maximum atomic E-state index is 12.2. The van der Waals surface area contributed by atoms with Crippen molar-refractivity contribution in [1.82, 2.24) is 5.32 Å². The predicted molar refractivity (Wildman–Crippen MR) is 75.2 cm³/mol. The van der Waals surface area contributed by atoms with E-state index >= 15 is 0 Å². The van der Waals surface area contributed by atoms with Crippen molar-refractivity contribution in [2.24, 2.45) is 29.1 Å². The molecule has 2 rings (SSSR count). The van der Waals surface area contributed by atoms with Crippen LogP contribution in [0.5, 0.6) is 0 Å². The van der Waals surface area contributed by atoms with Gasteiger partial charge in [0.25, 0.3) is 0 Å². The van der Waals surface area contributed by atoms with Crippen molar-refractivity contribution in [3.05, 3.63) is 0 Å². The second-order valence-corrected chi connectivity index (χ2v) is 7.90. The number of amides is 1. The molecule has 2 fully saturated rings. The molecule has 1 amide bonds. The van der Waals surface area contributed by atoms with Crippen LogP contribution >= 0.6 is 0 Å². The molecule has 18 heavy (non-hydrogen) atoms. The maximum absolute atomic E-state index is 12.2. The van der Waals surface area contributed by atoms with Gasteiger partial charge in [-0.2, -0.15) is 0 Å². The Balaban J connectivity index is 2.05. The molecule has 0 saturated heterocycles. The second kappa shape index (κ2) is 4.86. The van der Waals surface area contributed by atoms with Gasteiger partial charge >= 0.3 is 0 Å². The number of rotatable bonds is 1. The van der Waals surface area contributed by atoms with Gasteiger partial charge in [0.2, 0.25) is 5.91 Å². The average molecular weight is 251 g/mol. The van der Waals surface area contributed by atoms with Gasteiger partial charge in [-0.15, -0.1) is 0 Å². The van der Waals surface area contributed by atoms with Gasteiger partial charge in [-0.05, 0) is 49.4 Å². The summed E-state index contributed by atoms with van der Waals surface area (Å²) in [6.07, 6.45) is 5.34. The summed E-state index contributed by atoms with van der Waals surface area (Å²) in [5, 5.41) is 3.35. The van der Waals surface area contributed by atoms with Crippen LogP contribution in [0.4, 0.5) is 0 Å². The molecule has 2 saturated carbocycles. The van der Waals surface area contributed by atoms with E-state index in [-0.39, 0.29) is 11.3 Å². The fourth-order valence-corrected chi connectivity index (χ4v) is 4.05. The third-order valence-electron chi connectivity index (χ3n) is 4.88. The van der Waals surface area contributed by atoms with Gasteiger partial charge in [-0.1, -0.05) is 34.6 Å². The molecule has 0 heterocycles. The lowest BCUT2D eigenvalue weighted by Gasteiger charge is -2.47. The minimum atomic E-state index is -0.267. The zero-order valence-corrected chi connectivity index (χ0v) is 12.6. The third kappa shape index (κ3) is 2.89. The van der Waals surface area contributed by atoms with Gasteiger partial charge in [-0.25, -0.2) is 0 Å². The number of carbonyl (C=O) groups is 1. The van der Waals surface area contributed by atoms with Crippen LogP contribution in [-0.2, 0) is 4.79 Å². The quantitative estimate of drug-likeness (QED) is 0.758. The van der Waals surface area contributed by atoms with Gasteiger partial charge < -0.3 is 5.32 Å². The summed E-state index contributed by atoms with van der Waals surface area (Å²) in [6.45, 7) is 10.7. The number of hydrogen-bond donors (Lipinski definition) is 1. The van der Waals surface area contributed by atoms with Crippen LogP contribution in [0.2, 0.25) is 0 Å². The van der Waals surface area contributed by atoms with Crippen LogP contribution < -0.4 is 5.32 Å². The van der Waals surface area contributed by atoms with Crippen LogP contribution in [0.1, 0.15) is 60.3 Å². The molecule has 0 spiro atoms. The highest BCUT2D eigenvalue weighted by Crippen LogP contribution is 2.44. The molecule has 0 radical (unpaired) electrons. The molecule has 0 aliphatic heterocycles. The van der Waals surface area contributed by atoms with Gasteiger partial charge in [0.1, 0.15) is 0 Å². The molecule has 2 aliphatic carbocycles. The molecule has 5 unspecified atom stereocenters. The molecular weight excluding hydrogens is 222 g/mol. The van der Waals surface area contributed by atoms with Crippen LogP contribution in [0.25, 0.3) is 0 Å². The first-order valence-electron chi connectivity index (χ1n) is 7.58. The first kappa shape index (κ1) is 13.9. The normalized spacial score (nSPS) is 40.4. The van der Waals surface area contributed by atoms with Crippen molar-refractivity contribution < 1.29 is 4.79 Å². The molecule has 0 aromatic heterocycles. The van der Waals surface area contributed by atoms with Crippen LogP contribution in [0, 0.1) is 29.1 Å². The Morgan fingerprint density at radius 2 is 1.72 bits per heavy atom. The summed E-state index contributed by atoms with van der Waals surface area (Å²) in [7, 11) is 0. The van der Waals surface area contributed by atoms with E-state index in [1.54, 1.807) is 0 Å². The SMILES string of the molecule is CC1CC2CC(C)C(NC(=O)C(C)(C)C)C(C1)C2. The smallest absolute Gasteiger partial charge is 0.225 e. The second-order valence-electron chi connectivity index (χ2n) is 7.90. The Morgan fingerprint density at radius 1 is 1.06 bits per heavy atom. The van der Waals surface area contributed by atoms with Crippen molar-refractivity contribution in [2.45, 2.75) is 66.3 Å². The van der Waals surface area contributed by atoms with E-state index < -0.39 is 0 Å². The van der Waals surface area contributed by atoms with Crippen LogP contribution in [-0.4, -0.2) is 11.9 Å². The molecule has 5 atom stereocenters. The molecule has 104 valence electrons. The fourth-order valence-electron chi connectivity index (χ4n) is 4.05. The monoisotopic (exact) mass is 251 g/mol. The van der Waals surface area contributed by atoms with E-state index in [1.165, 1.54) is 25.7 Å². The van der Waals surface area contributed by atoms with Crippen LogP contribution in [0.3, 0.4) is 0 Å². The van der Waals surface area contributed by atoms with Crippen molar-refractivity contribution >= 4 is 5.91 Å². The summed E-state index contributed by atoms with van der Waals surface area (Å²) in [5.41, 5.74) is -0.267.